The second-order valence-corrected chi connectivity index (χ2v) is 5.55. The van der Waals surface area contributed by atoms with Crippen molar-refractivity contribution in [3.05, 3.63) is 35.6 Å². The third-order valence-corrected chi connectivity index (χ3v) is 3.87. The number of halogens is 1. The van der Waals surface area contributed by atoms with Crippen LogP contribution in [-0.4, -0.2) is 36.5 Å². The zero-order valence-electron chi connectivity index (χ0n) is 12.7. The summed E-state index contributed by atoms with van der Waals surface area (Å²) in [5.41, 5.74) is 0.485. The molecule has 0 unspecified atom stereocenters. The van der Waals surface area contributed by atoms with Crippen LogP contribution in [0.3, 0.4) is 0 Å². The lowest BCUT2D eigenvalue weighted by Gasteiger charge is -2.19. The Balaban J connectivity index is 1.71. The summed E-state index contributed by atoms with van der Waals surface area (Å²) in [6, 6.07) is 6.35. The van der Waals surface area contributed by atoms with E-state index in [9.17, 15) is 14.0 Å². The number of benzene rings is 1. The number of hydrogen-bond acceptors (Lipinski definition) is 3. The molecule has 0 aromatic heterocycles. The molecule has 1 fully saturated rings. The second-order valence-electron chi connectivity index (χ2n) is 5.55. The van der Waals surface area contributed by atoms with Gasteiger partial charge in [0.15, 0.2) is 6.61 Å². The smallest absolute Gasteiger partial charge is 0.306 e. The largest absolute Gasteiger partial charge is 0.456 e. The number of likely N-dealkylation sites (tertiary alicyclic amines) is 1. The molecule has 22 heavy (non-hydrogen) atoms. The fourth-order valence-electron chi connectivity index (χ4n) is 2.56. The Morgan fingerprint density at radius 3 is 2.45 bits per heavy atom. The summed E-state index contributed by atoms with van der Waals surface area (Å²) in [5.74, 6) is -0.927. The molecule has 1 heterocycles. The van der Waals surface area contributed by atoms with Crippen molar-refractivity contribution in [1.82, 2.24) is 4.90 Å². The number of hydrogen-bond donors (Lipinski definition) is 0. The molecule has 4 nitrogen and oxygen atoms in total. The van der Waals surface area contributed by atoms with Gasteiger partial charge in [-0.2, -0.15) is 0 Å². The Hall–Kier alpha value is -1.91. The van der Waals surface area contributed by atoms with Crippen molar-refractivity contribution in [1.29, 1.82) is 0 Å². The van der Waals surface area contributed by atoms with E-state index in [-0.39, 0.29) is 31.2 Å². The van der Waals surface area contributed by atoms with Gasteiger partial charge < -0.3 is 9.64 Å². The average molecular weight is 307 g/mol. The maximum atomic E-state index is 13.4. The molecule has 0 radical (unpaired) electrons. The number of nitrogens with zero attached hydrogens (tertiary/aromatic N) is 1. The lowest BCUT2D eigenvalue weighted by molar-refractivity contribution is -0.152. The molecular formula is C17H22FNO3. The van der Waals surface area contributed by atoms with Crippen molar-refractivity contribution in [3.8, 4) is 0 Å². The predicted molar refractivity (Wildman–Crippen MR) is 80.7 cm³/mol. The van der Waals surface area contributed by atoms with Crippen LogP contribution in [-0.2, 0) is 20.7 Å². The highest BCUT2D eigenvalue weighted by atomic mass is 19.1. The average Bonchev–Trinajstić information content (AvgIpc) is 2.81. The Labute approximate surface area is 130 Å². The zero-order chi connectivity index (χ0) is 15.8. The maximum absolute atomic E-state index is 13.4. The fraction of sp³-hybridized carbons (Fsp3) is 0.529. The summed E-state index contributed by atoms with van der Waals surface area (Å²) in [6.07, 6.45) is 4.66. The second kappa shape index (κ2) is 8.51. The van der Waals surface area contributed by atoms with Gasteiger partial charge in [0.25, 0.3) is 5.91 Å². The van der Waals surface area contributed by atoms with Gasteiger partial charge in [-0.15, -0.1) is 0 Å². The number of amides is 1. The van der Waals surface area contributed by atoms with Crippen LogP contribution in [0.25, 0.3) is 0 Å². The third-order valence-electron chi connectivity index (χ3n) is 3.87. The number of esters is 1. The van der Waals surface area contributed by atoms with E-state index in [2.05, 4.69) is 0 Å². The Morgan fingerprint density at radius 2 is 1.77 bits per heavy atom. The lowest BCUT2D eigenvalue weighted by Crippen LogP contribution is -2.35. The topological polar surface area (TPSA) is 46.6 Å². The van der Waals surface area contributed by atoms with E-state index in [0.717, 1.165) is 38.8 Å². The highest BCUT2D eigenvalue weighted by Crippen LogP contribution is 2.11. The van der Waals surface area contributed by atoms with Crippen LogP contribution in [0.5, 0.6) is 0 Å². The first kappa shape index (κ1) is 16.5. The molecule has 120 valence electrons. The van der Waals surface area contributed by atoms with Crippen LogP contribution in [0.1, 0.15) is 37.7 Å². The summed E-state index contributed by atoms with van der Waals surface area (Å²) in [5, 5.41) is 0. The molecule has 0 aliphatic carbocycles. The monoisotopic (exact) mass is 307 g/mol. The van der Waals surface area contributed by atoms with E-state index in [4.69, 9.17) is 4.74 Å². The van der Waals surface area contributed by atoms with Crippen LogP contribution >= 0.6 is 0 Å². The van der Waals surface area contributed by atoms with Gasteiger partial charge >= 0.3 is 5.97 Å². The molecule has 0 spiro atoms. The van der Waals surface area contributed by atoms with Crippen LogP contribution < -0.4 is 0 Å². The van der Waals surface area contributed by atoms with Gasteiger partial charge in [0.2, 0.25) is 0 Å². The molecule has 1 amide bonds. The number of ether oxygens (including phenoxy) is 1. The molecule has 1 aromatic rings. The molecular weight excluding hydrogens is 285 g/mol. The summed E-state index contributed by atoms with van der Waals surface area (Å²) in [4.78, 5) is 25.4. The highest BCUT2D eigenvalue weighted by Gasteiger charge is 2.17. The van der Waals surface area contributed by atoms with E-state index < -0.39 is 5.97 Å². The maximum Gasteiger partial charge on any atom is 0.306 e. The van der Waals surface area contributed by atoms with E-state index in [1.807, 2.05) is 0 Å². The van der Waals surface area contributed by atoms with E-state index in [0.29, 0.717) is 5.56 Å². The molecule has 1 aliphatic heterocycles. The zero-order valence-corrected chi connectivity index (χ0v) is 12.7. The van der Waals surface area contributed by atoms with E-state index >= 15 is 0 Å². The van der Waals surface area contributed by atoms with Crippen LogP contribution in [0.2, 0.25) is 0 Å². The molecule has 1 aliphatic rings. The van der Waals surface area contributed by atoms with E-state index in [1.165, 1.54) is 6.07 Å². The molecule has 0 saturated carbocycles. The minimum atomic E-state index is -0.466. The first-order valence-electron chi connectivity index (χ1n) is 7.83. The van der Waals surface area contributed by atoms with Gasteiger partial charge in [-0.05, 0) is 30.9 Å². The first-order chi connectivity index (χ1) is 10.7. The Bertz CT molecular complexity index is 510. The van der Waals surface area contributed by atoms with Crippen molar-refractivity contribution in [2.45, 2.75) is 38.5 Å². The third kappa shape index (κ3) is 5.13. The molecule has 5 heteroatoms. The quantitative estimate of drug-likeness (QED) is 0.786. The number of carbonyl (C=O) groups excluding carboxylic acids is 2. The molecule has 0 atom stereocenters. The van der Waals surface area contributed by atoms with Gasteiger partial charge in [0.05, 0.1) is 0 Å². The van der Waals surface area contributed by atoms with Crippen molar-refractivity contribution >= 4 is 11.9 Å². The summed E-state index contributed by atoms with van der Waals surface area (Å²) in [7, 11) is 0. The SMILES string of the molecule is O=C(CCc1ccccc1F)OCC(=O)N1CCCCCC1. The molecule has 1 saturated heterocycles. The van der Waals surface area contributed by atoms with Crippen molar-refractivity contribution < 1.29 is 18.7 Å². The van der Waals surface area contributed by atoms with Crippen LogP contribution in [0.15, 0.2) is 24.3 Å². The summed E-state index contributed by atoms with van der Waals surface area (Å²) < 4.78 is 18.4. The molecule has 0 N–H and O–H groups in total. The molecule has 2 rings (SSSR count). The van der Waals surface area contributed by atoms with Gasteiger partial charge in [0, 0.05) is 19.5 Å². The minimum absolute atomic E-state index is 0.0776. The van der Waals surface area contributed by atoms with Crippen LogP contribution in [0, 0.1) is 5.82 Å². The summed E-state index contributed by atoms with van der Waals surface area (Å²) >= 11 is 0. The van der Waals surface area contributed by atoms with E-state index in [1.54, 1.807) is 23.1 Å². The van der Waals surface area contributed by atoms with Crippen molar-refractivity contribution in [2.24, 2.45) is 0 Å². The predicted octanol–water partition coefficient (Wildman–Crippen LogP) is 2.70. The number of carbonyl (C=O) groups is 2. The summed E-state index contributed by atoms with van der Waals surface area (Å²) in [6.45, 7) is 1.27. The van der Waals surface area contributed by atoms with Gasteiger partial charge in [-0.3, -0.25) is 9.59 Å². The molecule has 0 bridgehead atoms. The standard InChI is InChI=1S/C17H22FNO3/c18-15-8-4-3-7-14(15)9-10-17(21)22-13-16(20)19-11-5-1-2-6-12-19/h3-4,7-8H,1-2,5-6,9-13H2. The number of rotatable bonds is 5. The normalized spacial score (nSPS) is 15.2. The fourth-order valence-corrected chi connectivity index (χ4v) is 2.56. The van der Waals surface area contributed by atoms with Gasteiger partial charge in [-0.1, -0.05) is 31.0 Å². The van der Waals surface area contributed by atoms with Crippen LogP contribution in [0.4, 0.5) is 4.39 Å². The van der Waals surface area contributed by atoms with Crippen molar-refractivity contribution in [3.63, 3.8) is 0 Å². The Morgan fingerprint density at radius 1 is 1.09 bits per heavy atom. The first-order valence-corrected chi connectivity index (χ1v) is 7.83. The van der Waals surface area contributed by atoms with Gasteiger partial charge in [0.1, 0.15) is 5.82 Å². The Kier molecular flexibility index (Phi) is 6.37. The van der Waals surface area contributed by atoms with Gasteiger partial charge in [-0.25, -0.2) is 4.39 Å². The minimum Gasteiger partial charge on any atom is -0.456 e. The molecule has 1 aromatic carbocycles. The number of aryl methyl sites for hydroxylation is 1. The van der Waals surface area contributed by atoms with Crippen molar-refractivity contribution in [2.75, 3.05) is 19.7 Å². The highest BCUT2D eigenvalue weighted by molar-refractivity contribution is 5.80. The lowest BCUT2D eigenvalue weighted by atomic mass is 10.1.